The average molecular weight is 309 g/mol. The number of aromatic nitrogens is 4. The van der Waals surface area contributed by atoms with Crippen LogP contribution in [0.1, 0.15) is 23.7 Å². The van der Waals surface area contributed by atoms with Crippen LogP contribution < -0.4 is 4.74 Å². The molecule has 7 heteroatoms. The fourth-order valence-electron chi connectivity index (χ4n) is 2.11. The van der Waals surface area contributed by atoms with Crippen LogP contribution in [0.2, 0.25) is 0 Å². The number of halogens is 1. The quantitative estimate of drug-likeness (QED) is 0.694. The van der Waals surface area contributed by atoms with Crippen molar-refractivity contribution in [2.45, 2.75) is 18.8 Å². The molecule has 0 saturated carbocycles. The summed E-state index contributed by atoms with van der Waals surface area (Å²) in [5.74, 6) is 1.24. The molecule has 3 heterocycles. The van der Waals surface area contributed by atoms with Crippen molar-refractivity contribution in [2.75, 3.05) is 7.11 Å². The zero-order valence-electron chi connectivity index (χ0n) is 11.1. The van der Waals surface area contributed by atoms with E-state index < -0.39 is 0 Å². The van der Waals surface area contributed by atoms with Gasteiger partial charge in [0.1, 0.15) is 12.2 Å². The van der Waals surface area contributed by atoms with E-state index in [2.05, 4.69) is 26.4 Å². The monoisotopic (exact) mass is 308 g/mol. The highest BCUT2D eigenvalue weighted by Crippen LogP contribution is 2.28. The minimum absolute atomic E-state index is 0.215. The molecule has 3 aromatic heterocycles. The van der Waals surface area contributed by atoms with Crippen molar-refractivity contribution in [3.63, 3.8) is 0 Å². The summed E-state index contributed by atoms with van der Waals surface area (Å²) in [5.41, 5.74) is 2.59. The van der Waals surface area contributed by atoms with Gasteiger partial charge < -0.3 is 9.30 Å². The number of ether oxygens (including phenoxy) is 1. The fraction of sp³-hybridized carbons (Fsp3) is 0.308. The van der Waals surface area contributed by atoms with Crippen molar-refractivity contribution < 1.29 is 4.74 Å². The maximum Gasteiger partial charge on any atom is 0.245 e. The molecule has 3 aromatic rings. The summed E-state index contributed by atoms with van der Waals surface area (Å²) in [4.78, 5) is 13.0. The molecule has 0 aliphatic carbocycles. The zero-order valence-corrected chi connectivity index (χ0v) is 12.6. The van der Waals surface area contributed by atoms with E-state index in [1.807, 2.05) is 16.9 Å². The minimum atomic E-state index is -0.215. The molecular weight excluding hydrogens is 296 g/mol. The highest BCUT2D eigenvalue weighted by Gasteiger charge is 2.19. The van der Waals surface area contributed by atoms with Gasteiger partial charge in [-0.3, -0.25) is 0 Å². The molecule has 1 atom stereocenters. The van der Waals surface area contributed by atoms with Gasteiger partial charge >= 0.3 is 0 Å². The summed E-state index contributed by atoms with van der Waals surface area (Å²) in [6.45, 7) is 2.58. The summed E-state index contributed by atoms with van der Waals surface area (Å²) in [7, 11) is 1.57. The van der Waals surface area contributed by atoms with Gasteiger partial charge in [0, 0.05) is 0 Å². The standard InChI is InChI=1S/C13H13ClN4OS/c1-8(14)11-17-10-12(15-7-16-13(10)19-2)18(11)5-9-3-4-20-6-9/h3-4,6-8H,5H2,1-2H3. The molecule has 0 fully saturated rings. The summed E-state index contributed by atoms with van der Waals surface area (Å²) in [6, 6.07) is 2.08. The predicted molar refractivity (Wildman–Crippen MR) is 79.6 cm³/mol. The number of alkyl halides is 1. The van der Waals surface area contributed by atoms with Crippen molar-refractivity contribution in [3.05, 3.63) is 34.5 Å². The van der Waals surface area contributed by atoms with Crippen molar-refractivity contribution in [3.8, 4) is 5.88 Å². The van der Waals surface area contributed by atoms with E-state index in [1.165, 1.54) is 11.9 Å². The Kier molecular flexibility index (Phi) is 3.58. The Morgan fingerprint density at radius 3 is 2.95 bits per heavy atom. The predicted octanol–water partition coefficient (Wildman–Crippen LogP) is 3.24. The lowest BCUT2D eigenvalue weighted by atomic mass is 10.3. The Hall–Kier alpha value is -1.66. The Bertz CT molecular complexity index is 723. The lowest BCUT2D eigenvalue weighted by Gasteiger charge is -2.08. The zero-order chi connectivity index (χ0) is 14.1. The third-order valence-electron chi connectivity index (χ3n) is 3.00. The highest BCUT2D eigenvalue weighted by atomic mass is 35.5. The number of methoxy groups -OCH3 is 1. The smallest absolute Gasteiger partial charge is 0.245 e. The van der Waals surface area contributed by atoms with E-state index >= 15 is 0 Å². The second-order valence-corrected chi connectivity index (χ2v) is 5.79. The van der Waals surface area contributed by atoms with Crippen molar-refractivity contribution in [1.29, 1.82) is 0 Å². The minimum Gasteiger partial charge on any atom is -0.479 e. The Morgan fingerprint density at radius 1 is 1.45 bits per heavy atom. The Morgan fingerprint density at radius 2 is 2.30 bits per heavy atom. The van der Waals surface area contributed by atoms with Crippen molar-refractivity contribution in [1.82, 2.24) is 19.5 Å². The third kappa shape index (κ3) is 2.25. The van der Waals surface area contributed by atoms with Gasteiger partial charge in [0.15, 0.2) is 11.2 Å². The maximum absolute atomic E-state index is 6.25. The van der Waals surface area contributed by atoms with E-state index in [0.29, 0.717) is 17.9 Å². The Balaban J connectivity index is 2.19. The lowest BCUT2D eigenvalue weighted by Crippen LogP contribution is -2.06. The maximum atomic E-state index is 6.25. The van der Waals surface area contributed by atoms with E-state index in [0.717, 1.165) is 11.5 Å². The third-order valence-corrected chi connectivity index (χ3v) is 3.93. The molecular formula is C13H13ClN4OS. The molecule has 104 valence electrons. The molecule has 0 bridgehead atoms. The van der Waals surface area contributed by atoms with E-state index in [1.54, 1.807) is 18.4 Å². The number of hydrogen-bond donors (Lipinski definition) is 0. The first-order valence-electron chi connectivity index (χ1n) is 6.11. The fourth-order valence-corrected chi connectivity index (χ4v) is 2.93. The van der Waals surface area contributed by atoms with Crippen molar-refractivity contribution in [2.24, 2.45) is 0 Å². The number of hydrogen-bond acceptors (Lipinski definition) is 5. The molecule has 0 amide bonds. The van der Waals surface area contributed by atoms with E-state index in [9.17, 15) is 0 Å². The van der Waals surface area contributed by atoms with Gasteiger partial charge in [0.25, 0.3) is 0 Å². The van der Waals surface area contributed by atoms with E-state index in [4.69, 9.17) is 16.3 Å². The Labute approximate surface area is 125 Å². The molecule has 5 nitrogen and oxygen atoms in total. The number of nitrogens with zero attached hydrogens (tertiary/aromatic N) is 4. The molecule has 0 aliphatic rings. The molecule has 0 N–H and O–H groups in total. The average Bonchev–Trinajstić information content (AvgIpc) is 3.07. The second-order valence-electron chi connectivity index (χ2n) is 4.36. The van der Waals surface area contributed by atoms with E-state index in [-0.39, 0.29) is 5.38 Å². The summed E-state index contributed by atoms with van der Waals surface area (Å²) in [6.07, 6.45) is 1.48. The molecule has 0 spiro atoms. The summed E-state index contributed by atoms with van der Waals surface area (Å²) < 4.78 is 7.26. The molecule has 0 aromatic carbocycles. The molecule has 0 aliphatic heterocycles. The van der Waals surface area contributed by atoms with Gasteiger partial charge in [-0.25, -0.2) is 9.97 Å². The van der Waals surface area contributed by atoms with Crippen molar-refractivity contribution >= 4 is 34.1 Å². The van der Waals surface area contributed by atoms with Crippen LogP contribution in [0.25, 0.3) is 11.2 Å². The largest absolute Gasteiger partial charge is 0.479 e. The van der Waals surface area contributed by atoms with Crippen LogP contribution in [0, 0.1) is 0 Å². The van der Waals surface area contributed by atoms with Gasteiger partial charge in [0.2, 0.25) is 5.88 Å². The topological polar surface area (TPSA) is 52.8 Å². The lowest BCUT2D eigenvalue weighted by molar-refractivity contribution is 0.401. The molecule has 0 saturated heterocycles. The first-order valence-corrected chi connectivity index (χ1v) is 7.49. The first kappa shape index (κ1) is 13.3. The van der Waals surface area contributed by atoms with Crippen LogP contribution in [-0.2, 0) is 6.54 Å². The van der Waals surface area contributed by atoms with Crippen LogP contribution >= 0.6 is 22.9 Å². The van der Waals surface area contributed by atoms with Gasteiger partial charge in [-0.05, 0) is 29.3 Å². The molecule has 0 radical (unpaired) electrons. The summed E-state index contributed by atoms with van der Waals surface area (Å²) >= 11 is 7.91. The number of rotatable bonds is 4. The number of imidazole rings is 1. The van der Waals surface area contributed by atoms with Crippen LogP contribution in [0.5, 0.6) is 5.88 Å². The SMILES string of the molecule is COc1ncnc2c1nc(C(C)Cl)n2Cc1ccsc1. The molecule has 3 rings (SSSR count). The van der Waals surface area contributed by atoms with Crippen LogP contribution in [0.3, 0.4) is 0 Å². The van der Waals surface area contributed by atoms with Gasteiger partial charge in [-0.1, -0.05) is 0 Å². The highest BCUT2D eigenvalue weighted by molar-refractivity contribution is 7.07. The van der Waals surface area contributed by atoms with Crippen LogP contribution in [0.4, 0.5) is 0 Å². The normalized spacial score (nSPS) is 12.8. The van der Waals surface area contributed by atoms with Crippen LogP contribution in [-0.4, -0.2) is 26.6 Å². The second kappa shape index (κ2) is 5.38. The first-order chi connectivity index (χ1) is 9.70. The van der Waals surface area contributed by atoms with Gasteiger partial charge in [-0.2, -0.15) is 16.3 Å². The molecule has 1 unspecified atom stereocenters. The number of fused-ring (bicyclic) bond motifs is 1. The molecule has 20 heavy (non-hydrogen) atoms. The van der Waals surface area contributed by atoms with Gasteiger partial charge in [0.05, 0.1) is 19.0 Å². The summed E-state index contributed by atoms with van der Waals surface area (Å²) in [5, 5.41) is 3.94. The van der Waals surface area contributed by atoms with Gasteiger partial charge in [-0.15, -0.1) is 11.6 Å². The van der Waals surface area contributed by atoms with Crippen LogP contribution in [0.15, 0.2) is 23.2 Å². The number of thiophene rings is 1.